The molecule has 0 saturated carbocycles. The van der Waals surface area contributed by atoms with Crippen molar-refractivity contribution in [1.29, 1.82) is 0 Å². The van der Waals surface area contributed by atoms with E-state index in [0.29, 0.717) is 0 Å². The second-order valence-corrected chi connectivity index (χ2v) is 3.36. The molecule has 0 radical (unpaired) electrons. The average Bonchev–Trinajstić information content (AvgIpc) is 2.20. The third-order valence-corrected chi connectivity index (χ3v) is 1.70. The molecule has 0 bridgehead atoms. The Kier molecular flexibility index (Phi) is 7.59. The van der Waals surface area contributed by atoms with Crippen LogP contribution in [0.3, 0.4) is 0 Å². The monoisotopic (exact) mass is 274 g/mol. The summed E-state index contributed by atoms with van der Waals surface area (Å²) in [5.41, 5.74) is 0.0106. The number of ether oxygens (including phenoxy) is 3. The molecule has 96 valence electrons. The molecule has 6 nitrogen and oxygen atoms in total. The van der Waals surface area contributed by atoms with Gasteiger partial charge in [-0.3, -0.25) is 0 Å². The van der Waals surface area contributed by atoms with Gasteiger partial charge in [-0.15, -0.1) is 0 Å². The van der Waals surface area contributed by atoms with Crippen molar-refractivity contribution in [3.63, 3.8) is 0 Å². The molecule has 0 fully saturated rings. The van der Waals surface area contributed by atoms with E-state index in [-0.39, 0.29) is 48.1 Å². The summed E-state index contributed by atoms with van der Waals surface area (Å²) in [6.07, 6.45) is 0. The van der Waals surface area contributed by atoms with Crippen molar-refractivity contribution in [1.82, 2.24) is 0 Å². The predicted octanol–water partition coefficient (Wildman–Crippen LogP) is -2.08. The van der Waals surface area contributed by atoms with Crippen molar-refractivity contribution >= 4 is 24.8 Å². The molecule has 0 spiro atoms. The molecule has 0 aliphatic carbocycles. The summed E-state index contributed by atoms with van der Waals surface area (Å²) in [6.45, 7) is 5.01. The third kappa shape index (κ3) is 6.00. The van der Waals surface area contributed by atoms with Gasteiger partial charge in [0.25, 0.3) is 0 Å². The van der Waals surface area contributed by atoms with Crippen LogP contribution in [0.2, 0.25) is 0 Å². The summed E-state index contributed by atoms with van der Waals surface area (Å²) < 4.78 is 14.6. The van der Waals surface area contributed by atoms with Crippen LogP contribution in [-0.4, -0.2) is 24.8 Å². The molecular weight excluding hydrogens is 262 g/mol. The largest absolute Gasteiger partial charge is 1.00 e. The van der Waals surface area contributed by atoms with E-state index in [1.807, 2.05) is 0 Å². The second-order valence-electron chi connectivity index (χ2n) is 3.36. The van der Waals surface area contributed by atoms with Crippen LogP contribution < -0.4 is 43.8 Å². The Labute approximate surface area is 134 Å². The van der Waals surface area contributed by atoms with E-state index in [1.165, 1.54) is 39.7 Å². The minimum absolute atomic E-state index is 0. The van der Waals surface area contributed by atoms with Gasteiger partial charge in [-0.25, -0.2) is 0 Å². The fraction of sp³-hybridized carbons (Fsp3) is 0.273. The summed E-state index contributed by atoms with van der Waals surface area (Å²) in [4.78, 5) is 32.8. The number of rotatable bonds is 3. The predicted molar refractivity (Wildman–Crippen MR) is 62.8 cm³/mol. The molecule has 1 aromatic rings. The quantitative estimate of drug-likeness (QED) is 0.465. The van der Waals surface area contributed by atoms with Gasteiger partial charge in [0.05, 0.1) is 0 Å². The van der Waals surface area contributed by atoms with E-state index >= 15 is 0 Å². The molecule has 1 aromatic heterocycles. The maximum Gasteiger partial charge on any atom is 1.00 e. The minimum atomic E-state index is -0.622. The maximum atomic E-state index is 11.0. The Morgan fingerprint density at radius 3 is 2.00 bits per heavy atom. The van der Waals surface area contributed by atoms with Crippen molar-refractivity contribution in [3.05, 3.63) is 12.0 Å². The van der Waals surface area contributed by atoms with E-state index in [2.05, 4.69) is 0 Å². The number of carbonyl (C=O) groups is 3. The van der Waals surface area contributed by atoms with Crippen LogP contribution >= 0.6 is 0 Å². The van der Waals surface area contributed by atoms with Gasteiger partial charge in [-0.1, -0.05) is 0 Å². The molecule has 0 unspecified atom stereocenters. The molecule has 0 atom stereocenters. The second kappa shape index (κ2) is 8.09. The van der Waals surface area contributed by atoms with Crippen molar-refractivity contribution < 1.29 is 59.6 Å². The van der Waals surface area contributed by atoms with Crippen LogP contribution in [0.4, 0.5) is 0 Å². The van der Waals surface area contributed by atoms with Crippen molar-refractivity contribution in [2.75, 3.05) is 0 Å². The average molecular weight is 274 g/mol. The summed E-state index contributed by atoms with van der Waals surface area (Å²) in [6, 6.07) is 1.42. The Morgan fingerprint density at radius 2 is 1.53 bits per heavy atom. The molecule has 0 saturated heterocycles. The van der Waals surface area contributed by atoms with Gasteiger partial charge in [-0.05, 0) is 0 Å². The molecule has 0 aromatic carbocycles. The summed E-state index contributed by atoms with van der Waals surface area (Å²) in [5, 5.41) is 0. The van der Waals surface area contributed by atoms with Crippen LogP contribution in [0.25, 0.3) is 0 Å². The topological polar surface area (TPSA) is 78.9 Å². The normalized spacial score (nSPS) is 8.79. The van der Waals surface area contributed by atoms with E-state index in [9.17, 15) is 14.4 Å². The smallest absolute Gasteiger partial charge is 1.00 e. The SMILES string of the molecule is CC(=O)Oc1bccc(OC(C)=O)c1OC(C)=O.[H-].[Na+]. The number of hydrogen-bond donors (Lipinski definition) is 0. The number of carbonyl (C=O) groups excluding carboxylic acids is 3. The van der Waals surface area contributed by atoms with Gasteiger partial charge >= 0.3 is 133 Å². The van der Waals surface area contributed by atoms with Gasteiger partial charge < -0.3 is 1.43 Å². The first-order chi connectivity index (χ1) is 8.40. The zero-order valence-corrected chi connectivity index (χ0v) is 13.2. The third-order valence-electron chi connectivity index (χ3n) is 1.70. The Balaban J connectivity index is 0. The summed E-state index contributed by atoms with van der Waals surface area (Å²) in [5.74, 6) is -0.370. The first-order valence-electron chi connectivity index (χ1n) is 5.08. The van der Waals surface area contributed by atoms with Gasteiger partial charge in [0.15, 0.2) is 0 Å². The molecule has 0 amide bonds. The Hall–Kier alpha value is -1.18. The zero-order valence-electron chi connectivity index (χ0n) is 12.2. The molecule has 1 rings (SSSR count). The van der Waals surface area contributed by atoms with E-state index < -0.39 is 17.9 Å². The Bertz CT molecular complexity index is 473. The first-order valence-corrected chi connectivity index (χ1v) is 5.08. The van der Waals surface area contributed by atoms with Gasteiger partial charge in [0.1, 0.15) is 0 Å². The molecule has 0 aliphatic heterocycles. The van der Waals surface area contributed by atoms with Gasteiger partial charge in [0.2, 0.25) is 0 Å². The standard InChI is InChI=1S/C11H11BO6.Na.H/c1-6(13)16-9-4-5-12-11(18-8(3)15)10(9)17-7(2)14;;/h4-5H,1-3H3;;/q;+1;-1. The molecule has 0 aliphatic rings. The number of esters is 3. The van der Waals surface area contributed by atoms with Gasteiger partial charge in [0, 0.05) is 0 Å². The van der Waals surface area contributed by atoms with E-state index in [4.69, 9.17) is 14.2 Å². The van der Waals surface area contributed by atoms with Crippen LogP contribution in [0.5, 0.6) is 17.1 Å². The fourth-order valence-electron chi connectivity index (χ4n) is 1.21. The van der Waals surface area contributed by atoms with Crippen LogP contribution in [0.1, 0.15) is 22.2 Å². The summed E-state index contributed by atoms with van der Waals surface area (Å²) in [7, 11) is 0. The van der Waals surface area contributed by atoms with Crippen molar-refractivity contribution in [2.24, 2.45) is 0 Å². The van der Waals surface area contributed by atoms with Gasteiger partial charge in [-0.2, -0.15) is 0 Å². The molecule has 19 heavy (non-hydrogen) atoms. The maximum absolute atomic E-state index is 11.0. The molecule has 0 N–H and O–H groups in total. The first kappa shape index (κ1) is 17.8. The minimum Gasteiger partial charge on any atom is -1.00 e. The number of hydrogen-bond acceptors (Lipinski definition) is 6. The van der Waals surface area contributed by atoms with Crippen LogP contribution in [0, 0.1) is 0 Å². The van der Waals surface area contributed by atoms with E-state index in [0.717, 1.165) is 0 Å². The van der Waals surface area contributed by atoms with Crippen molar-refractivity contribution in [3.8, 4) is 17.1 Å². The van der Waals surface area contributed by atoms with Crippen LogP contribution in [0.15, 0.2) is 12.0 Å². The van der Waals surface area contributed by atoms with Crippen LogP contribution in [-0.2, 0) is 14.4 Å². The summed E-state index contributed by atoms with van der Waals surface area (Å²) >= 11 is 0. The van der Waals surface area contributed by atoms with Crippen molar-refractivity contribution in [2.45, 2.75) is 20.8 Å². The molecule has 8 heteroatoms. The fourth-order valence-corrected chi connectivity index (χ4v) is 1.21. The van der Waals surface area contributed by atoms with E-state index in [1.54, 1.807) is 0 Å². The Morgan fingerprint density at radius 1 is 1.00 bits per heavy atom. The molecule has 1 heterocycles. The zero-order chi connectivity index (χ0) is 13.7. The molecular formula is C11H12BNaO6.